The van der Waals surface area contributed by atoms with Crippen LogP contribution in [0.15, 0.2) is 84.4 Å². The van der Waals surface area contributed by atoms with Crippen molar-refractivity contribution in [2.45, 2.75) is 105 Å². The molecule has 0 amide bonds. The normalized spacial score (nSPS) is 11.2. The third kappa shape index (κ3) is 42.2. The standard InChI is InChI=1S/C12H23ClO2.C12H22O2.2C6H6.ClH/c1-10(7-9-15-11(2)14)6-5-8-12(3,4)13;1-10(2)6-5-7-11(3)8-9-14-12(4)13;2*1-2-4-6-5-3-1;/h10H,5-9H2,1-4H3;6,11H,5,7-9H2,1-4H3;2*1-6H;1H. The number of hydrogen-bond acceptors (Lipinski definition) is 4. The van der Waals surface area contributed by atoms with Crippen LogP contribution in [-0.4, -0.2) is 30.0 Å². The first-order valence-corrected chi connectivity index (χ1v) is 15.3. The van der Waals surface area contributed by atoms with Crippen LogP contribution >= 0.6 is 24.0 Å². The van der Waals surface area contributed by atoms with Crippen molar-refractivity contribution in [1.82, 2.24) is 0 Å². The molecule has 0 aliphatic heterocycles. The minimum absolute atomic E-state index is 0. The molecule has 0 aromatic heterocycles. The molecule has 0 saturated heterocycles. The molecule has 0 saturated carbocycles. The summed E-state index contributed by atoms with van der Waals surface area (Å²) in [6, 6.07) is 24.0. The van der Waals surface area contributed by atoms with Crippen molar-refractivity contribution in [3.8, 4) is 0 Å². The highest BCUT2D eigenvalue weighted by Gasteiger charge is 2.13. The number of alkyl halides is 1. The highest BCUT2D eigenvalue weighted by molar-refractivity contribution is 6.23. The highest BCUT2D eigenvalue weighted by Crippen LogP contribution is 2.23. The number of hydrogen-bond donors (Lipinski definition) is 0. The van der Waals surface area contributed by atoms with Crippen molar-refractivity contribution in [3.05, 3.63) is 84.4 Å². The Hall–Kier alpha value is -2.30. The minimum atomic E-state index is -0.191. The molecule has 6 heteroatoms. The lowest BCUT2D eigenvalue weighted by atomic mass is 9.97. The third-order valence-corrected chi connectivity index (χ3v) is 6.03. The van der Waals surface area contributed by atoms with Gasteiger partial charge in [0.15, 0.2) is 0 Å². The van der Waals surface area contributed by atoms with Crippen molar-refractivity contribution in [2.24, 2.45) is 11.8 Å². The van der Waals surface area contributed by atoms with Crippen LogP contribution in [0.25, 0.3) is 0 Å². The highest BCUT2D eigenvalue weighted by atomic mass is 35.5. The van der Waals surface area contributed by atoms with E-state index in [0.717, 1.165) is 38.5 Å². The van der Waals surface area contributed by atoms with Crippen molar-refractivity contribution in [2.75, 3.05) is 13.2 Å². The summed E-state index contributed by atoms with van der Waals surface area (Å²) < 4.78 is 9.78. The summed E-state index contributed by atoms with van der Waals surface area (Å²) in [6.07, 6.45) is 9.79. The molecule has 2 atom stereocenters. The molecule has 0 N–H and O–H groups in total. The van der Waals surface area contributed by atoms with Crippen LogP contribution in [0.2, 0.25) is 0 Å². The summed E-state index contributed by atoms with van der Waals surface area (Å²) >= 11 is 6.09. The molecule has 0 spiro atoms. The fourth-order valence-corrected chi connectivity index (χ4v) is 3.53. The average Bonchev–Trinajstić information content (AvgIpc) is 2.90. The van der Waals surface area contributed by atoms with Gasteiger partial charge in [-0.15, -0.1) is 24.0 Å². The van der Waals surface area contributed by atoms with Gasteiger partial charge in [0.2, 0.25) is 0 Å². The van der Waals surface area contributed by atoms with Crippen molar-refractivity contribution in [1.29, 1.82) is 0 Å². The largest absolute Gasteiger partial charge is 0.466 e. The summed E-state index contributed by atoms with van der Waals surface area (Å²) in [5.74, 6) is 0.860. The van der Waals surface area contributed by atoms with Gasteiger partial charge in [-0.25, -0.2) is 0 Å². The Balaban J connectivity index is -0.000000513. The zero-order valence-corrected chi connectivity index (χ0v) is 29.0. The van der Waals surface area contributed by atoms with E-state index < -0.39 is 0 Å². The second-order valence-corrected chi connectivity index (χ2v) is 12.3. The number of benzene rings is 2. The number of carbonyl (C=O) groups excluding carboxylic acids is 2. The Morgan fingerprint density at radius 2 is 1.00 bits per heavy atom. The van der Waals surface area contributed by atoms with Gasteiger partial charge in [-0.05, 0) is 71.6 Å². The molecule has 0 radical (unpaired) electrons. The Kier molecular flexibility index (Phi) is 31.7. The first kappa shape index (κ1) is 44.1. The van der Waals surface area contributed by atoms with Gasteiger partial charge in [0.05, 0.1) is 13.2 Å². The third-order valence-electron chi connectivity index (χ3n) is 5.85. The predicted octanol–water partition coefficient (Wildman–Crippen LogP) is 10.9. The first-order valence-electron chi connectivity index (χ1n) is 14.9. The average molecular weight is 626 g/mol. The summed E-state index contributed by atoms with van der Waals surface area (Å²) in [6.45, 7) is 16.7. The van der Waals surface area contributed by atoms with Crippen molar-refractivity contribution < 1.29 is 19.1 Å². The second kappa shape index (κ2) is 30.2. The monoisotopic (exact) mass is 624 g/mol. The van der Waals surface area contributed by atoms with Gasteiger partial charge in [-0.1, -0.05) is 111 Å². The molecule has 2 unspecified atom stereocenters. The maximum absolute atomic E-state index is 10.5. The quantitative estimate of drug-likeness (QED) is 0.126. The molecule has 42 heavy (non-hydrogen) atoms. The van der Waals surface area contributed by atoms with Crippen LogP contribution in [0.1, 0.15) is 100 Å². The molecule has 2 rings (SSSR count). The van der Waals surface area contributed by atoms with Gasteiger partial charge in [0.1, 0.15) is 0 Å². The second-order valence-electron chi connectivity index (χ2n) is 11.2. The number of halogens is 2. The zero-order chi connectivity index (χ0) is 31.4. The predicted molar refractivity (Wildman–Crippen MR) is 183 cm³/mol. The smallest absolute Gasteiger partial charge is 0.302 e. The fourth-order valence-electron chi connectivity index (χ4n) is 3.39. The molecule has 0 fully saturated rings. The molecular weight excluding hydrogens is 567 g/mol. The number of allylic oxidation sites excluding steroid dienone is 2. The van der Waals surface area contributed by atoms with Crippen LogP contribution < -0.4 is 0 Å². The Bertz CT molecular complexity index is 791. The van der Waals surface area contributed by atoms with E-state index in [4.69, 9.17) is 21.1 Å². The molecule has 2 aromatic carbocycles. The molecule has 4 nitrogen and oxygen atoms in total. The van der Waals surface area contributed by atoms with E-state index in [1.165, 1.54) is 25.8 Å². The number of rotatable bonds is 13. The van der Waals surface area contributed by atoms with Gasteiger partial charge in [-0.3, -0.25) is 9.59 Å². The fraction of sp³-hybridized carbons (Fsp3) is 0.556. The number of carbonyl (C=O) groups is 2. The number of esters is 2. The van der Waals surface area contributed by atoms with Crippen LogP contribution in [0.3, 0.4) is 0 Å². The molecule has 240 valence electrons. The Labute approximate surface area is 269 Å². The maximum atomic E-state index is 10.5. The first-order chi connectivity index (χ1) is 19.3. The van der Waals surface area contributed by atoms with E-state index >= 15 is 0 Å². The van der Waals surface area contributed by atoms with E-state index in [1.54, 1.807) is 0 Å². The van der Waals surface area contributed by atoms with E-state index in [1.807, 2.05) is 86.6 Å². The van der Waals surface area contributed by atoms with Crippen LogP contribution in [0, 0.1) is 11.8 Å². The Morgan fingerprint density at radius 1 is 0.667 bits per heavy atom. The molecular formula is C36H58Cl2O4. The van der Waals surface area contributed by atoms with Gasteiger partial charge in [0.25, 0.3) is 0 Å². The van der Waals surface area contributed by atoms with E-state index in [9.17, 15) is 9.59 Å². The lowest BCUT2D eigenvalue weighted by Gasteiger charge is -2.17. The zero-order valence-electron chi connectivity index (χ0n) is 27.4. The van der Waals surface area contributed by atoms with Crippen molar-refractivity contribution in [3.63, 3.8) is 0 Å². The lowest BCUT2D eigenvalue weighted by Crippen LogP contribution is -2.11. The van der Waals surface area contributed by atoms with Gasteiger partial charge >= 0.3 is 11.9 Å². The van der Waals surface area contributed by atoms with E-state index in [2.05, 4.69) is 33.8 Å². The molecule has 0 bridgehead atoms. The van der Waals surface area contributed by atoms with Crippen LogP contribution in [0.5, 0.6) is 0 Å². The summed E-state index contributed by atoms with van der Waals surface area (Å²) in [5.41, 5.74) is 1.37. The van der Waals surface area contributed by atoms with E-state index in [-0.39, 0.29) is 29.2 Å². The molecule has 0 heterocycles. The van der Waals surface area contributed by atoms with Crippen molar-refractivity contribution >= 4 is 35.9 Å². The summed E-state index contributed by atoms with van der Waals surface area (Å²) in [7, 11) is 0. The van der Waals surface area contributed by atoms with Crippen LogP contribution in [0.4, 0.5) is 0 Å². The molecule has 0 aliphatic carbocycles. The molecule has 2 aromatic rings. The van der Waals surface area contributed by atoms with Gasteiger partial charge in [0, 0.05) is 18.7 Å². The minimum Gasteiger partial charge on any atom is -0.466 e. The van der Waals surface area contributed by atoms with Crippen LogP contribution in [-0.2, 0) is 19.1 Å². The summed E-state index contributed by atoms with van der Waals surface area (Å²) in [5, 5.41) is 0. The topological polar surface area (TPSA) is 52.6 Å². The summed E-state index contributed by atoms with van der Waals surface area (Å²) in [4.78, 5) is 20.9. The van der Waals surface area contributed by atoms with E-state index in [0.29, 0.717) is 25.0 Å². The lowest BCUT2D eigenvalue weighted by molar-refractivity contribution is -0.142. The SMILES string of the molecule is CC(=O)OCCC(C)CCC=C(C)C.CC(=O)OCCC(C)CCCC(C)(C)Cl.Cl.c1ccccc1.c1ccccc1. The Morgan fingerprint density at radius 3 is 1.29 bits per heavy atom. The maximum Gasteiger partial charge on any atom is 0.302 e. The van der Waals surface area contributed by atoms with Gasteiger partial charge in [-0.2, -0.15) is 0 Å². The van der Waals surface area contributed by atoms with Gasteiger partial charge < -0.3 is 9.47 Å². The molecule has 0 aliphatic rings. The number of ether oxygens (including phenoxy) is 2.